The van der Waals surface area contributed by atoms with E-state index >= 15 is 0 Å². The van der Waals surface area contributed by atoms with Crippen molar-refractivity contribution in [3.63, 3.8) is 0 Å². The van der Waals surface area contributed by atoms with Crippen molar-refractivity contribution in [3.05, 3.63) is 12.2 Å². The summed E-state index contributed by atoms with van der Waals surface area (Å²) in [6.07, 6.45) is 5.82. The maximum absolute atomic E-state index is 8.56. The van der Waals surface area contributed by atoms with Gasteiger partial charge in [-0.1, -0.05) is 45.0 Å². The number of aliphatic hydroxyl groups excluding tert-OH is 1. The highest BCUT2D eigenvalue weighted by atomic mass is 32.1. The standard InChI is InChI=1S/C10H19NOS/c1-3-4-5-6-7-9(2)10(13)11-8-12/h12H,2-8H2,1H3,(H,11,13). The third-order valence-electron chi connectivity index (χ3n) is 1.89. The second kappa shape index (κ2) is 8.20. The Morgan fingerprint density at radius 1 is 1.38 bits per heavy atom. The van der Waals surface area contributed by atoms with Gasteiger partial charge in [-0.25, -0.2) is 0 Å². The molecule has 3 heteroatoms. The van der Waals surface area contributed by atoms with Gasteiger partial charge in [0.2, 0.25) is 0 Å². The first-order chi connectivity index (χ1) is 6.22. The van der Waals surface area contributed by atoms with Crippen LogP contribution >= 0.6 is 12.2 Å². The molecule has 0 saturated heterocycles. The molecule has 0 heterocycles. The van der Waals surface area contributed by atoms with Crippen LogP contribution < -0.4 is 5.32 Å². The Balaban J connectivity index is 3.44. The lowest BCUT2D eigenvalue weighted by atomic mass is 10.1. The van der Waals surface area contributed by atoms with Crippen LogP contribution in [0.5, 0.6) is 0 Å². The molecule has 0 aromatic carbocycles. The van der Waals surface area contributed by atoms with Crippen molar-refractivity contribution in [2.45, 2.75) is 39.0 Å². The van der Waals surface area contributed by atoms with Crippen LogP contribution in [0.1, 0.15) is 39.0 Å². The molecule has 0 rings (SSSR count). The summed E-state index contributed by atoms with van der Waals surface area (Å²) in [7, 11) is 0. The van der Waals surface area contributed by atoms with Crippen LogP contribution in [0.15, 0.2) is 12.2 Å². The van der Waals surface area contributed by atoms with E-state index in [1.807, 2.05) is 0 Å². The average molecular weight is 201 g/mol. The molecule has 0 unspecified atom stereocenters. The lowest BCUT2D eigenvalue weighted by Crippen LogP contribution is -2.23. The fourth-order valence-electron chi connectivity index (χ4n) is 1.08. The zero-order valence-corrected chi connectivity index (χ0v) is 9.12. The van der Waals surface area contributed by atoms with E-state index in [1.54, 1.807) is 0 Å². The van der Waals surface area contributed by atoms with Gasteiger partial charge in [-0.2, -0.15) is 0 Å². The Hall–Kier alpha value is -0.410. The molecule has 0 fully saturated rings. The van der Waals surface area contributed by atoms with Crippen LogP contribution in [0.25, 0.3) is 0 Å². The molecule has 76 valence electrons. The summed E-state index contributed by atoms with van der Waals surface area (Å²) in [4.78, 5) is 0.596. The number of rotatable bonds is 7. The Morgan fingerprint density at radius 3 is 2.62 bits per heavy atom. The summed E-state index contributed by atoms with van der Waals surface area (Å²) in [5, 5.41) is 11.2. The van der Waals surface area contributed by atoms with Gasteiger partial charge in [-0.3, -0.25) is 0 Å². The molecule has 2 N–H and O–H groups in total. The van der Waals surface area contributed by atoms with Crippen molar-refractivity contribution in [1.82, 2.24) is 5.32 Å². The van der Waals surface area contributed by atoms with Crippen LogP contribution in [0, 0.1) is 0 Å². The lowest BCUT2D eigenvalue weighted by molar-refractivity contribution is 0.287. The van der Waals surface area contributed by atoms with Crippen molar-refractivity contribution >= 4 is 17.2 Å². The summed E-state index contributed by atoms with van der Waals surface area (Å²) < 4.78 is 0. The summed E-state index contributed by atoms with van der Waals surface area (Å²) in [5.41, 5.74) is 0.931. The largest absolute Gasteiger partial charge is 0.377 e. The van der Waals surface area contributed by atoms with Gasteiger partial charge in [0.15, 0.2) is 0 Å². The Bertz CT molecular complexity index is 168. The number of aliphatic hydroxyl groups is 1. The van der Waals surface area contributed by atoms with Crippen LogP contribution in [0.2, 0.25) is 0 Å². The van der Waals surface area contributed by atoms with E-state index in [0.717, 1.165) is 18.4 Å². The second-order valence-corrected chi connectivity index (χ2v) is 3.49. The number of hydrogen-bond acceptors (Lipinski definition) is 2. The van der Waals surface area contributed by atoms with E-state index in [0.29, 0.717) is 4.99 Å². The molecule has 0 aliphatic carbocycles. The maximum atomic E-state index is 8.56. The predicted molar refractivity (Wildman–Crippen MR) is 60.7 cm³/mol. The SMILES string of the molecule is C=C(CCCCCC)C(=S)NCO. The third-order valence-corrected chi connectivity index (χ3v) is 2.33. The molecular weight excluding hydrogens is 182 g/mol. The van der Waals surface area contributed by atoms with Gasteiger partial charge in [-0.05, 0) is 18.4 Å². The molecule has 0 aliphatic rings. The zero-order valence-electron chi connectivity index (χ0n) is 8.31. The molecule has 0 atom stereocenters. The molecular formula is C10H19NOS. The normalized spacial score (nSPS) is 9.69. The number of thiocarbonyl (C=S) groups is 1. The van der Waals surface area contributed by atoms with Gasteiger partial charge in [0.25, 0.3) is 0 Å². The number of unbranched alkanes of at least 4 members (excludes halogenated alkanes) is 3. The van der Waals surface area contributed by atoms with E-state index in [2.05, 4.69) is 18.8 Å². The molecule has 13 heavy (non-hydrogen) atoms. The molecule has 0 radical (unpaired) electrons. The predicted octanol–water partition coefficient (Wildman–Crippen LogP) is 2.38. The third kappa shape index (κ3) is 6.72. The monoisotopic (exact) mass is 201 g/mol. The van der Waals surface area contributed by atoms with E-state index in [-0.39, 0.29) is 6.73 Å². The lowest BCUT2D eigenvalue weighted by Gasteiger charge is -2.07. The molecule has 0 aliphatic heterocycles. The minimum absolute atomic E-state index is 0.104. The van der Waals surface area contributed by atoms with Gasteiger partial charge in [0.05, 0.1) is 0 Å². The second-order valence-electron chi connectivity index (χ2n) is 3.08. The van der Waals surface area contributed by atoms with Gasteiger partial charge < -0.3 is 10.4 Å². The smallest absolute Gasteiger partial charge is 0.113 e. The molecule has 0 spiro atoms. The molecule has 0 saturated carbocycles. The fourth-order valence-corrected chi connectivity index (χ4v) is 1.24. The highest BCUT2D eigenvalue weighted by Crippen LogP contribution is 2.09. The molecule has 0 bridgehead atoms. The Labute approximate surface area is 86.0 Å². The minimum atomic E-state index is -0.104. The van der Waals surface area contributed by atoms with E-state index in [1.165, 1.54) is 19.3 Å². The quantitative estimate of drug-likeness (QED) is 0.287. The first-order valence-electron chi connectivity index (χ1n) is 4.79. The van der Waals surface area contributed by atoms with Crippen molar-refractivity contribution in [2.24, 2.45) is 0 Å². The van der Waals surface area contributed by atoms with E-state index in [9.17, 15) is 0 Å². The van der Waals surface area contributed by atoms with E-state index in [4.69, 9.17) is 17.3 Å². The van der Waals surface area contributed by atoms with Gasteiger partial charge >= 0.3 is 0 Å². The van der Waals surface area contributed by atoms with Crippen molar-refractivity contribution in [2.75, 3.05) is 6.73 Å². The zero-order chi connectivity index (χ0) is 10.1. The average Bonchev–Trinajstić information content (AvgIpc) is 2.12. The summed E-state index contributed by atoms with van der Waals surface area (Å²) >= 11 is 4.98. The van der Waals surface area contributed by atoms with Gasteiger partial charge in [0, 0.05) is 0 Å². The van der Waals surface area contributed by atoms with Crippen LogP contribution in [0.3, 0.4) is 0 Å². The van der Waals surface area contributed by atoms with Crippen LogP contribution in [0.4, 0.5) is 0 Å². The van der Waals surface area contributed by atoms with Gasteiger partial charge in [0.1, 0.15) is 11.7 Å². The topological polar surface area (TPSA) is 32.3 Å². The summed E-state index contributed by atoms with van der Waals surface area (Å²) in [6, 6.07) is 0. The highest BCUT2D eigenvalue weighted by Gasteiger charge is 2.00. The van der Waals surface area contributed by atoms with Crippen molar-refractivity contribution < 1.29 is 5.11 Å². The summed E-state index contributed by atoms with van der Waals surface area (Å²) in [6.45, 7) is 5.94. The van der Waals surface area contributed by atoms with Crippen LogP contribution in [-0.2, 0) is 0 Å². The number of nitrogens with one attached hydrogen (secondary N) is 1. The molecule has 0 aromatic heterocycles. The molecule has 0 aromatic rings. The Kier molecular flexibility index (Phi) is 7.94. The minimum Gasteiger partial charge on any atom is -0.377 e. The Morgan fingerprint density at radius 2 is 2.08 bits per heavy atom. The van der Waals surface area contributed by atoms with Crippen molar-refractivity contribution in [3.8, 4) is 0 Å². The fraction of sp³-hybridized carbons (Fsp3) is 0.700. The van der Waals surface area contributed by atoms with Gasteiger partial charge in [-0.15, -0.1) is 0 Å². The summed E-state index contributed by atoms with van der Waals surface area (Å²) in [5.74, 6) is 0. The maximum Gasteiger partial charge on any atom is 0.113 e. The van der Waals surface area contributed by atoms with Crippen molar-refractivity contribution in [1.29, 1.82) is 0 Å². The highest BCUT2D eigenvalue weighted by molar-refractivity contribution is 7.80. The molecule has 2 nitrogen and oxygen atoms in total. The first-order valence-corrected chi connectivity index (χ1v) is 5.20. The number of hydrogen-bond donors (Lipinski definition) is 2. The molecule has 0 amide bonds. The van der Waals surface area contributed by atoms with E-state index < -0.39 is 0 Å². The van der Waals surface area contributed by atoms with Crippen LogP contribution in [-0.4, -0.2) is 16.8 Å². The first kappa shape index (κ1) is 12.6.